The number of hydrogen-bond donors (Lipinski definition) is 1. The molecule has 0 atom stereocenters. The fourth-order valence-electron chi connectivity index (χ4n) is 2.23. The Kier molecular flexibility index (Phi) is 3.44. The van der Waals surface area contributed by atoms with Crippen molar-refractivity contribution >= 4 is 11.6 Å². The van der Waals surface area contributed by atoms with Crippen LogP contribution in [0.5, 0.6) is 0 Å². The van der Waals surface area contributed by atoms with Crippen molar-refractivity contribution in [2.75, 3.05) is 0 Å². The van der Waals surface area contributed by atoms with E-state index in [-0.39, 0.29) is 0 Å². The molecule has 0 saturated heterocycles. The van der Waals surface area contributed by atoms with E-state index < -0.39 is 0 Å². The summed E-state index contributed by atoms with van der Waals surface area (Å²) in [6.45, 7) is 6.82. The van der Waals surface area contributed by atoms with Gasteiger partial charge in [-0.1, -0.05) is 25.4 Å². The van der Waals surface area contributed by atoms with Crippen LogP contribution >= 0.6 is 11.6 Å². The smallest absolute Gasteiger partial charge is 0.101 e. The number of aromatic amines is 1. The molecule has 18 heavy (non-hydrogen) atoms. The summed E-state index contributed by atoms with van der Waals surface area (Å²) in [5.41, 5.74) is 3.80. The third-order valence-corrected chi connectivity index (χ3v) is 3.41. The molecule has 94 valence electrons. The second-order valence-corrected chi connectivity index (χ2v) is 5.04. The number of rotatable bonds is 3. The average molecular weight is 263 g/mol. The largest absolute Gasteiger partial charge is 0.344 e. The Balaban J connectivity index is 2.42. The van der Waals surface area contributed by atoms with E-state index in [1.807, 2.05) is 17.7 Å². The summed E-state index contributed by atoms with van der Waals surface area (Å²) in [5.74, 6) is 0.332. The monoisotopic (exact) mass is 262 g/mol. The third-order valence-electron chi connectivity index (χ3n) is 3.09. The van der Waals surface area contributed by atoms with E-state index in [1.165, 1.54) is 0 Å². The van der Waals surface area contributed by atoms with Crippen LogP contribution in [0.15, 0.2) is 12.4 Å². The Morgan fingerprint density at radius 1 is 1.56 bits per heavy atom. The summed E-state index contributed by atoms with van der Waals surface area (Å²) in [6, 6.07) is 2.25. The van der Waals surface area contributed by atoms with Gasteiger partial charge in [-0.15, -0.1) is 0 Å². The van der Waals surface area contributed by atoms with E-state index in [4.69, 9.17) is 11.6 Å². The van der Waals surface area contributed by atoms with E-state index in [9.17, 15) is 5.26 Å². The molecule has 2 aromatic rings. The second kappa shape index (κ2) is 4.87. The lowest BCUT2D eigenvalue weighted by Crippen LogP contribution is -2.02. The van der Waals surface area contributed by atoms with Gasteiger partial charge in [0.2, 0.25) is 0 Å². The summed E-state index contributed by atoms with van der Waals surface area (Å²) in [5, 5.41) is 16.6. The van der Waals surface area contributed by atoms with Crippen molar-refractivity contribution in [3.63, 3.8) is 0 Å². The van der Waals surface area contributed by atoms with Crippen LogP contribution in [0.3, 0.4) is 0 Å². The van der Waals surface area contributed by atoms with E-state index in [2.05, 4.69) is 30.1 Å². The molecule has 0 aliphatic heterocycles. The van der Waals surface area contributed by atoms with Crippen molar-refractivity contribution in [3.8, 4) is 6.07 Å². The zero-order chi connectivity index (χ0) is 13.3. The molecule has 2 aromatic heterocycles. The number of nitrogens with one attached hydrogen (secondary N) is 1. The highest BCUT2D eigenvalue weighted by molar-refractivity contribution is 6.31. The van der Waals surface area contributed by atoms with Gasteiger partial charge in [0.25, 0.3) is 0 Å². The van der Waals surface area contributed by atoms with E-state index in [0.717, 1.165) is 22.5 Å². The van der Waals surface area contributed by atoms with Crippen LogP contribution in [0, 0.1) is 18.3 Å². The fraction of sp³-hybridized carbons (Fsp3) is 0.385. The van der Waals surface area contributed by atoms with Crippen molar-refractivity contribution in [1.29, 1.82) is 5.26 Å². The first kappa shape index (κ1) is 12.7. The van der Waals surface area contributed by atoms with Gasteiger partial charge in [-0.3, -0.25) is 5.10 Å². The molecule has 0 aliphatic rings. The number of halogens is 1. The minimum atomic E-state index is 0.332. The van der Waals surface area contributed by atoms with Crippen LogP contribution < -0.4 is 0 Å². The summed E-state index contributed by atoms with van der Waals surface area (Å²) in [6.07, 6.45) is 3.46. The third kappa shape index (κ3) is 2.14. The predicted molar refractivity (Wildman–Crippen MR) is 70.7 cm³/mol. The highest BCUT2D eigenvalue weighted by Gasteiger charge is 2.16. The fourth-order valence-corrected chi connectivity index (χ4v) is 2.38. The van der Waals surface area contributed by atoms with Crippen LogP contribution in [-0.4, -0.2) is 14.8 Å². The molecule has 0 aliphatic carbocycles. The minimum absolute atomic E-state index is 0.332. The van der Waals surface area contributed by atoms with E-state index in [0.29, 0.717) is 17.5 Å². The van der Waals surface area contributed by atoms with Crippen LogP contribution in [-0.2, 0) is 6.54 Å². The molecule has 0 saturated carbocycles. The van der Waals surface area contributed by atoms with Gasteiger partial charge in [-0.2, -0.15) is 10.4 Å². The van der Waals surface area contributed by atoms with Gasteiger partial charge in [-0.25, -0.2) is 0 Å². The van der Waals surface area contributed by atoms with Crippen molar-refractivity contribution in [2.45, 2.75) is 33.2 Å². The van der Waals surface area contributed by atoms with Gasteiger partial charge in [0.1, 0.15) is 6.07 Å². The molecular weight excluding hydrogens is 248 g/mol. The first-order valence-corrected chi connectivity index (χ1v) is 6.19. The lowest BCUT2D eigenvalue weighted by Gasteiger charge is -2.08. The normalized spacial score (nSPS) is 10.9. The number of H-pyrrole nitrogens is 1. The minimum Gasteiger partial charge on any atom is -0.344 e. The molecule has 0 amide bonds. The van der Waals surface area contributed by atoms with Crippen molar-refractivity contribution in [1.82, 2.24) is 14.8 Å². The first-order chi connectivity index (χ1) is 8.54. The average Bonchev–Trinajstić information content (AvgIpc) is 2.85. The Hall–Kier alpha value is -1.73. The summed E-state index contributed by atoms with van der Waals surface area (Å²) in [4.78, 5) is 0. The predicted octanol–water partition coefficient (Wildman–Crippen LogP) is 3.22. The molecule has 4 nitrogen and oxygen atoms in total. The SMILES string of the molecule is Cc1c(C(C)C)c(C#N)cn1Cc1[nH]ncc1Cl. The molecule has 1 N–H and O–H groups in total. The highest BCUT2D eigenvalue weighted by atomic mass is 35.5. The number of nitriles is 1. The molecule has 0 bridgehead atoms. The molecule has 0 radical (unpaired) electrons. The molecule has 0 fully saturated rings. The Bertz CT molecular complexity index is 601. The second-order valence-electron chi connectivity index (χ2n) is 4.63. The number of aromatic nitrogens is 3. The van der Waals surface area contributed by atoms with Crippen LogP contribution in [0.25, 0.3) is 0 Å². The first-order valence-electron chi connectivity index (χ1n) is 5.82. The topological polar surface area (TPSA) is 57.4 Å². The number of nitrogens with zero attached hydrogens (tertiary/aromatic N) is 3. The molecule has 0 spiro atoms. The van der Waals surface area contributed by atoms with Gasteiger partial charge in [-0.05, 0) is 18.4 Å². The van der Waals surface area contributed by atoms with Crippen molar-refractivity contribution in [2.24, 2.45) is 0 Å². The quantitative estimate of drug-likeness (QED) is 0.923. The van der Waals surface area contributed by atoms with E-state index >= 15 is 0 Å². The van der Waals surface area contributed by atoms with Crippen molar-refractivity contribution < 1.29 is 0 Å². The van der Waals surface area contributed by atoms with Crippen molar-refractivity contribution in [3.05, 3.63) is 39.9 Å². The maximum Gasteiger partial charge on any atom is 0.101 e. The maximum atomic E-state index is 9.18. The maximum absolute atomic E-state index is 9.18. The van der Waals surface area contributed by atoms with Gasteiger partial charge in [0.15, 0.2) is 0 Å². The summed E-state index contributed by atoms with van der Waals surface area (Å²) < 4.78 is 2.04. The lowest BCUT2D eigenvalue weighted by atomic mass is 10.00. The Morgan fingerprint density at radius 2 is 2.28 bits per heavy atom. The number of hydrogen-bond acceptors (Lipinski definition) is 2. The molecule has 5 heteroatoms. The van der Waals surface area contributed by atoms with Crippen LogP contribution in [0.4, 0.5) is 0 Å². The van der Waals surface area contributed by atoms with Gasteiger partial charge in [0.05, 0.1) is 29.0 Å². The molecule has 0 unspecified atom stereocenters. The molecular formula is C13H15ClN4. The Morgan fingerprint density at radius 3 is 2.72 bits per heavy atom. The Labute approximate surface area is 111 Å². The van der Waals surface area contributed by atoms with Crippen LogP contribution in [0.2, 0.25) is 5.02 Å². The van der Waals surface area contributed by atoms with Gasteiger partial charge < -0.3 is 4.57 Å². The van der Waals surface area contributed by atoms with Gasteiger partial charge in [0, 0.05) is 11.9 Å². The zero-order valence-corrected chi connectivity index (χ0v) is 11.4. The zero-order valence-electron chi connectivity index (χ0n) is 10.7. The highest BCUT2D eigenvalue weighted by Crippen LogP contribution is 2.26. The molecule has 0 aromatic carbocycles. The molecule has 2 rings (SSSR count). The standard InChI is InChI=1S/C13H15ClN4/c1-8(2)13-9(3)18(6-10(13)4-15)7-12-11(14)5-16-17-12/h5-6,8H,7H2,1-3H3,(H,16,17). The summed E-state index contributed by atoms with van der Waals surface area (Å²) in [7, 11) is 0. The van der Waals surface area contributed by atoms with E-state index in [1.54, 1.807) is 6.20 Å². The van der Waals surface area contributed by atoms with Crippen LogP contribution in [0.1, 0.15) is 42.3 Å². The molecule has 2 heterocycles. The summed E-state index contributed by atoms with van der Waals surface area (Å²) >= 11 is 6.01. The van der Waals surface area contributed by atoms with Gasteiger partial charge >= 0.3 is 0 Å². The lowest BCUT2D eigenvalue weighted by molar-refractivity contribution is 0.735.